The van der Waals surface area contributed by atoms with Crippen LogP contribution in [0.5, 0.6) is 0 Å². The first kappa shape index (κ1) is 23.5. The van der Waals surface area contributed by atoms with Gasteiger partial charge >= 0.3 is 24.3 Å². The molecule has 0 spiro atoms. The van der Waals surface area contributed by atoms with Gasteiger partial charge in [-0.2, -0.15) is 26.3 Å². The number of carboxylic acids is 2. The zero-order valence-electron chi connectivity index (χ0n) is 12.6. The summed E-state index contributed by atoms with van der Waals surface area (Å²) in [5.41, 5.74) is -0.262. The van der Waals surface area contributed by atoms with Gasteiger partial charge < -0.3 is 15.2 Å². The van der Waals surface area contributed by atoms with Crippen molar-refractivity contribution in [2.24, 2.45) is 0 Å². The normalized spacial score (nSPS) is 10.7. The van der Waals surface area contributed by atoms with Crippen LogP contribution in [0.15, 0.2) is 40.1 Å². The molecule has 2 aromatic rings. The first-order valence-electron chi connectivity index (χ1n) is 6.25. The first-order chi connectivity index (χ1) is 12.2. The van der Waals surface area contributed by atoms with Crippen molar-refractivity contribution in [1.82, 2.24) is 9.97 Å². The molecule has 27 heavy (non-hydrogen) atoms. The number of rotatable bonds is 0. The van der Waals surface area contributed by atoms with Crippen LogP contribution in [0.2, 0.25) is 0 Å². The smallest absolute Gasteiger partial charge is 0.475 e. The van der Waals surface area contributed by atoms with Crippen molar-refractivity contribution in [3.63, 3.8) is 0 Å². The first-order valence-corrected chi connectivity index (χ1v) is 6.25. The molecule has 0 bridgehead atoms. The van der Waals surface area contributed by atoms with Crippen LogP contribution in [0.3, 0.4) is 0 Å². The topological polar surface area (TPSA) is 137 Å². The van der Waals surface area contributed by atoms with Crippen LogP contribution in [-0.2, 0) is 9.59 Å². The Balaban J connectivity index is 0.000000416. The number of carboxylic acid groups (broad SMARTS) is 2. The van der Waals surface area contributed by atoms with Gasteiger partial charge in [-0.25, -0.2) is 14.6 Å². The summed E-state index contributed by atoms with van der Waals surface area (Å²) in [6, 6.07) is 6.77. The molecule has 0 atom stereocenters. The molecule has 8 nitrogen and oxygen atoms in total. The Hall–Kier alpha value is -3.45. The summed E-state index contributed by atoms with van der Waals surface area (Å²) in [5.74, 6) is -5.51. The Morgan fingerprint density at radius 2 is 1.30 bits per heavy atom. The number of alkyl halides is 6. The second-order valence-electron chi connectivity index (χ2n) is 4.20. The molecule has 0 aliphatic heterocycles. The molecule has 1 aromatic heterocycles. The quantitative estimate of drug-likeness (QED) is 0.569. The number of halogens is 6. The fourth-order valence-electron chi connectivity index (χ4n) is 1.13. The van der Waals surface area contributed by atoms with E-state index in [-0.39, 0.29) is 5.56 Å². The molecule has 0 radical (unpaired) electrons. The summed E-state index contributed by atoms with van der Waals surface area (Å²) in [7, 11) is 0. The maximum atomic E-state index is 11.3. The number of para-hydroxylation sites is 1. The number of fused-ring (bicyclic) bond motifs is 1. The van der Waals surface area contributed by atoms with E-state index in [4.69, 9.17) is 19.8 Å². The van der Waals surface area contributed by atoms with Crippen molar-refractivity contribution in [3.8, 4) is 0 Å². The van der Waals surface area contributed by atoms with Gasteiger partial charge in [0.15, 0.2) is 0 Å². The molecule has 14 heteroatoms. The van der Waals surface area contributed by atoms with Crippen molar-refractivity contribution in [2.45, 2.75) is 12.4 Å². The zero-order valence-corrected chi connectivity index (χ0v) is 12.6. The minimum absolute atomic E-state index is 0.377. The van der Waals surface area contributed by atoms with Gasteiger partial charge in [0.2, 0.25) is 0 Å². The summed E-state index contributed by atoms with van der Waals surface area (Å²) < 4.78 is 63.5. The average Bonchev–Trinajstić information content (AvgIpc) is 2.66. The van der Waals surface area contributed by atoms with Crippen LogP contribution in [-0.4, -0.2) is 44.5 Å². The molecule has 3 N–H and O–H groups in total. The van der Waals surface area contributed by atoms with Crippen molar-refractivity contribution >= 4 is 22.8 Å². The highest BCUT2D eigenvalue weighted by Crippen LogP contribution is 2.13. The minimum Gasteiger partial charge on any atom is -0.475 e. The lowest BCUT2D eigenvalue weighted by Crippen LogP contribution is -2.21. The predicted molar refractivity (Wildman–Crippen MR) is 76.0 cm³/mol. The van der Waals surface area contributed by atoms with Crippen molar-refractivity contribution in [3.05, 3.63) is 51.2 Å². The molecule has 2 rings (SSSR count). The van der Waals surface area contributed by atoms with E-state index in [1.807, 2.05) is 0 Å². The van der Waals surface area contributed by atoms with Crippen LogP contribution in [0.25, 0.3) is 10.9 Å². The zero-order chi connectivity index (χ0) is 21.4. The van der Waals surface area contributed by atoms with Crippen LogP contribution in [0, 0.1) is 0 Å². The molecular formula is C13H8F6N2O6. The van der Waals surface area contributed by atoms with Crippen molar-refractivity contribution in [2.75, 3.05) is 0 Å². The number of hydrogen-bond acceptors (Lipinski definition) is 5. The summed E-state index contributed by atoms with van der Waals surface area (Å²) >= 11 is 0. The summed E-state index contributed by atoms with van der Waals surface area (Å²) in [5, 5.41) is 14.7. The second-order valence-corrected chi connectivity index (χ2v) is 4.20. The summed E-state index contributed by atoms with van der Waals surface area (Å²) in [4.78, 5) is 46.0. The minimum atomic E-state index is -5.08. The Kier molecular flexibility index (Phi) is 8.11. The summed E-state index contributed by atoms with van der Waals surface area (Å²) in [6.45, 7) is 0. The number of H-pyrrole nitrogens is 1. The molecule has 1 heterocycles. The standard InChI is InChI=1S/C9H6N2O2.2C2HF3O2/c12-8-5-10-9(13)6-3-1-2-4-7(6)11-8;2*3-2(4,5)1(6)7/h1-5H,(H,11,12);2*(H,6,7). The SMILES string of the molecule is O=C(O)C(F)(F)F.O=C(O)C(F)(F)F.O=c1cnc(=O)c2ccccc2[nH]1. The Bertz CT molecular complexity index is 898. The van der Waals surface area contributed by atoms with E-state index >= 15 is 0 Å². The number of hydrogen-bond donors (Lipinski definition) is 3. The molecule has 0 aliphatic rings. The van der Waals surface area contributed by atoms with Gasteiger partial charge in [0, 0.05) is 0 Å². The van der Waals surface area contributed by atoms with Gasteiger partial charge in [0.05, 0.1) is 17.1 Å². The van der Waals surface area contributed by atoms with E-state index in [0.29, 0.717) is 10.9 Å². The van der Waals surface area contributed by atoms with E-state index in [0.717, 1.165) is 6.20 Å². The molecule has 0 unspecified atom stereocenters. The van der Waals surface area contributed by atoms with Crippen LogP contribution in [0.4, 0.5) is 26.3 Å². The average molecular weight is 402 g/mol. The van der Waals surface area contributed by atoms with Gasteiger partial charge in [0.1, 0.15) is 0 Å². The lowest BCUT2D eigenvalue weighted by molar-refractivity contribution is -0.193. The molecule has 0 saturated carbocycles. The highest BCUT2D eigenvalue weighted by Gasteiger charge is 2.38. The van der Waals surface area contributed by atoms with E-state index in [9.17, 15) is 35.9 Å². The summed E-state index contributed by atoms with van der Waals surface area (Å²) in [6.07, 6.45) is -9.18. The molecule has 0 aliphatic carbocycles. The van der Waals surface area contributed by atoms with E-state index < -0.39 is 29.9 Å². The van der Waals surface area contributed by atoms with Gasteiger partial charge in [0.25, 0.3) is 11.1 Å². The molecule has 0 saturated heterocycles. The molecule has 0 amide bonds. The molecule has 148 valence electrons. The highest BCUT2D eigenvalue weighted by atomic mass is 19.4. The second kappa shape index (κ2) is 9.30. The van der Waals surface area contributed by atoms with Gasteiger partial charge in [-0.1, -0.05) is 12.1 Å². The third-order valence-corrected chi connectivity index (χ3v) is 2.20. The van der Waals surface area contributed by atoms with Gasteiger partial charge in [-0.15, -0.1) is 0 Å². The Morgan fingerprint density at radius 3 is 1.70 bits per heavy atom. The van der Waals surface area contributed by atoms with Gasteiger partial charge in [-0.05, 0) is 12.1 Å². The van der Waals surface area contributed by atoms with E-state index in [1.165, 1.54) is 0 Å². The Labute approximate surface area is 143 Å². The fourth-order valence-corrected chi connectivity index (χ4v) is 1.13. The van der Waals surface area contributed by atoms with Crippen LogP contribution >= 0.6 is 0 Å². The predicted octanol–water partition coefficient (Wildman–Crippen LogP) is 1.55. The lowest BCUT2D eigenvalue weighted by Gasteiger charge is -1.93. The van der Waals surface area contributed by atoms with Crippen LogP contribution < -0.4 is 11.1 Å². The van der Waals surface area contributed by atoms with Crippen molar-refractivity contribution < 1.29 is 46.1 Å². The number of aromatic amines is 1. The maximum Gasteiger partial charge on any atom is 0.490 e. The van der Waals surface area contributed by atoms with Gasteiger partial charge in [-0.3, -0.25) is 9.59 Å². The lowest BCUT2D eigenvalue weighted by atomic mass is 10.2. The number of aliphatic carboxylic acids is 2. The number of nitrogens with zero attached hydrogens (tertiary/aromatic N) is 1. The molecule has 0 fully saturated rings. The number of carbonyl (C=O) groups is 2. The Morgan fingerprint density at radius 1 is 0.889 bits per heavy atom. The maximum absolute atomic E-state index is 11.3. The van der Waals surface area contributed by atoms with Crippen molar-refractivity contribution in [1.29, 1.82) is 0 Å². The number of nitrogens with one attached hydrogen (secondary N) is 1. The van der Waals surface area contributed by atoms with E-state index in [1.54, 1.807) is 24.3 Å². The highest BCUT2D eigenvalue weighted by molar-refractivity contribution is 5.76. The fraction of sp³-hybridized carbons (Fsp3) is 0.154. The van der Waals surface area contributed by atoms with Crippen LogP contribution in [0.1, 0.15) is 0 Å². The number of aromatic nitrogens is 2. The third kappa shape index (κ3) is 8.99. The molecular weight excluding hydrogens is 394 g/mol. The third-order valence-electron chi connectivity index (χ3n) is 2.20. The van der Waals surface area contributed by atoms with E-state index in [2.05, 4.69) is 9.97 Å². The largest absolute Gasteiger partial charge is 0.490 e. The monoisotopic (exact) mass is 402 g/mol. The molecule has 1 aromatic carbocycles. The number of benzene rings is 1.